The summed E-state index contributed by atoms with van der Waals surface area (Å²) in [6.07, 6.45) is 1.53. The fraction of sp³-hybridized carbons (Fsp3) is 0.423. The maximum absolute atomic E-state index is 12.8. The fourth-order valence-corrected chi connectivity index (χ4v) is 4.67. The lowest BCUT2D eigenvalue weighted by Gasteiger charge is -2.43. The summed E-state index contributed by atoms with van der Waals surface area (Å²) in [6.45, 7) is 3.73. The van der Waals surface area contributed by atoms with Gasteiger partial charge in [0.25, 0.3) is 0 Å². The van der Waals surface area contributed by atoms with Gasteiger partial charge in [-0.3, -0.25) is 9.59 Å². The van der Waals surface area contributed by atoms with E-state index in [9.17, 15) is 14.4 Å². The van der Waals surface area contributed by atoms with Gasteiger partial charge in [0, 0.05) is 12.5 Å². The number of benzene rings is 2. The monoisotopic (exact) mass is 450 g/mol. The minimum Gasteiger partial charge on any atom is -0.481 e. The molecule has 0 unspecified atom stereocenters. The molecule has 0 aliphatic heterocycles. The minimum atomic E-state index is -0.926. The second-order valence-electron chi connectivity index (χ2n) is 9.72. The third-order valence-electron chi connectivity index (χ3n) is 6.81. The van der Waals surface area contributed by atoms with Crippen LogP contribution in [-0.4, -0.2) is 41.8 Å². The molecule has 3 N–H and O–H groups in total. The van der Waals surface area contributed by atoms with Crippen molar-refractivity contribution < 1.29 is 24.2 Å². The lowest BCUT2D eigenvalue weighted by Crippen LogP contribution is -2.58. The Kier molecular flexibility index (Phi) is 6.15. The van der Waals surface area contributed by atoms with Crippen molar-refractivity contribution in [1.29, 1.82) is 0 Å². The van der Waals surface area contributed by atoms with E-state index in [1.54, 1.807) is 13.8 Å². The van der Waals surface area contributed by atoms with Gasteiger partial charge in [-0.25, -0.2) is 4.79 Å². The number of hydrogen-bond donors (Lipinski definition) is 3. The number of aliphatic carboxylic acids is 1. The molecule has 0 radical (unpaired) electrons. The van der Waals surface area contributed by atoms with Crippen molar-refractivity contribution in [3.05, 3.63) is 59.7 Å². The Bertz CT molecular complexity index is 1030. The van der Waals surface area contributed by atoms with E-state index in [-0.39, 0.29) is 31.4 Å². The number of carboxylic acids is 1. The lowest BCUT2D eigenvalue weighted by molar-refractivity contribution is -0.141. The van der Waals surface area contributed by atoms with Crippen molar-refractivity contribution in [3.63, 3.8) is 0 Å². The smallest absolute Gasteiger partial charge is 0.407 e. The van der Waals surface area contributed by atoms with Crippen molar-refractivity contribution >= 4 is 18.0 Å². The Morgan fingerprint density at radius 2 is 1.61 bits per heavy atom. The molecule has 2 aromatic rings. The molecule has 7 heteroatoms. The number of nitrogens with one attached hydrogen (secondary N) is 2. The van der Waals surface area contributed by atoms with Gasteiger partial charge >= 0.3 is 12.1 Å². The highest BCUT2D eigenvalue weighted by atomic mass is 16.5. The van der Waals surface area contributed by atoms with Crippen LogP contribution in [0.25, 0.3) is 11.1 Å². The van der Waals surface area contributed by atoms with E-state index >= 15 is 0 Å². The van der Waals surface area contributed by atoms with Crippen LogP contribution in [0.1, 0.15) is 56.6 Å². The average molecular weight is 451 g/mol. The summed E-state index contributed by atoms with van der Waals surface area (Å²) in [7, 11) is 0. The molecule has 2 amide bonds. The van der Waals surface area contributed by atoms with Crippen LogP contribution in [0.3, 0.4) is 0 Å². The van der Waals surface area contributed by atoms with E-state index in [4.69, 9.17) is 9.84 Å². The largest absolute Gasteiger partial charge is 0.481 e. The Labute approximate surface area is 193 Å². The second kappa shape index (κ2) is 8.89. The maximum Gasteiger partial charge on any atom is 0.407 e. The molecular formula is C26H30N2O5. The SMILES string of the molecule is CC(C)(CNC(=O)OCC1c2ccccc2-c2ccccc21)C(=O)NC1(CC(=O)O)CCC1. The normalized spacial score (nSPS) is 16.2. The number of carboxylic acid groups (broad SMARTS) is 1. The van der Waals surface area contributed by atoms with Gasteiger partial charge in [-0.1, -0.05) is 48.5 Å². The average Bonchev–Trinajstić information content (AvgIpc) is 3.08. The van der Waals surface area contributed by atoms with Gasteiger partial charge in [-0.15, -0.1) is 0 Å². The molecule has 1 saturated carbocycles. The number of amides is 2. The van der Waals surface area contributed by atoms with Crippen LogP contribution in [0.5, 0.6) is 0 Å². The van der Waals surface area contributed by atoms with Crippen LogP contribution in [0, 0.1) is 5.41 Å². The first-order valence-electron chi connectivity index (χ1n) is 11.3. The van der Waals surface area contributed by atoms with Crippen molar-refractivity contribution in [1.82, 2.24) is 10.6 Å². The molecule has 2 aliphatic rings. The Hall–Kier alpha value is -3.35. The molecule has 2 aliphatic carbocycles. The number of hydrogen-bond acceptors (Lipinski definition) is 4. The molecule has 1 fully saturated rings. The fourth-order valence-electron chi connectivity index (χ4n) is 4.67. The van der Waals surface area contributed by atoms with Crippen LogP contribution in [0.2, 0.25) is 0 Å². The zero-order valence-corrected chi connectivity index (χ0v) is 19.0. The van der Waals surface area contributed by atoms with Crippen LogP contribution < -0.4 is 10.6 Å². The Morgan fingerprint density at radius 3 is 2.12 bits per heavy atom. The predicted octanol–water partition coefficient (Wildman–Crippen LogP) is 4.06. The van der Waals surface area contributed by atoms with E-state index in [1.807, 2.05) is 24.3 Å². The first-order chi connectivity index (χ1) is 15.7. The summed E-state index contributed by atoms with van der Waals surface area (Å²) in [6, 6.07) is 16.2. The number of rotatable bonds is 8. The van der Waals surface area contributed by atoms with Gasteiger partial charge in [0.1, 0.15) is 6.61 Å². The zero-order chi connectivity index (χ0) is 23.6. The topological polar surface area (TPSA) is 105 Å². The predicted molar refractivity (Wildman–Crippen MR) is 124 cm³/mol. The van der Waals surface area contributed by atoms with E-state index in [0.717, 1.165) is 28.7 Å². The molecule has 0 heterocycles. The van der Waals surface area contributed by atoms with Gasteiger partial charge in [0.2, 0.25) is 5.91 Å². The standard InChI is InChI=1S/C26H30N2O5/c1-25(2,23(31)28-26(12-7-13-26)14-22(29)30)16-27-24(32)33-15-21-19-10-5-3-8-17(19)18-9-4-6-11-20(18)21/h3-6,8-11,21H,7,12-16H2,1-2H3,(H,27,32)(H,28,31)(H,29,30). The van der Waals surface area contributed by atoms with Gasteiger partial charge in [-0.05, 0) is 55.4 Å². The van der Waals surface area contributed by atoms with Crippen molar-refractivity contribution in [2.24, 2.45) is 5.41 Å². The Morgan fingerprint density at radius 1 is 1.03 bits per heavy atom. The molecule has 0 aromatic heterocycles. The molecule has 0 spiro atoms. The summed E-state index contributed by atoms with van der Waals surface area (Å²) in [4.78, 5) is 36.4. The summed E-state index contributed by atoms with van der Waals surface area (Å²) in [5.74, 6) is -1.24. The Balaban J connectivity index is 1.32. The third-order valence-corrected chi connectivity index (χ3v) is 6.81. The maximum atomic E-state index is 12.8. The molecule has 4 rings (SSSR count). The van der Waals surface area contributed by atoms with E-state index in [2.05, 4.69) is 34.9 Å². The van der Waals surface area contributed by atoms with Gasteiger partial charge < -0.3 is 20.5 Å². The van der Waals surface area contributed by atoms with Crippen molar-refractivity contribution in [3.8, 4) is 11.1 Å². The highest BCUT2D eigenvalue weighted by molar-refractivity contribution is 5.84. The third kappa shape index (κ3) is 4.72. The summed E-state index contributed by atoms with van der Waals surface area (Å²) in [5.41, 5.74) is 3.00. The van der Waals surface area contributed by atoms with Gasteiger partial charge in [-0.2, -0.15) is 0 Å². The van der Waals surface area contributed by atoms with Gasteiger partial charge in [0.05, 0.1) is 17.4 Å². The molecule has 33 heavy (non-hydrogen) atoms. The number of alkyl carbamates (subject to hydrolysis) is 1. The quantitative estimate of drug-likeness (QED) is 0.562. The second-order valence-corrected chi connectivity index (χ2v) is 9.72. The molecule has 0 bridgehead atoms. The summed E-state index contributed by atoms with van der Waals surface area (Å²) in [5, 5.41) is 14.8. The van der Waals surface area contributed by atoms with Crippen LogP contribution in [-0.2, 0) is 14.3 Å². The van der Waals surface area contributed by atoms with E-state index in [1.165, 1.54) is 0 Å². The first-order valence-corrected chi connectivity index (χ1v) is 11.3. The zero-order valence-electron chi connectivity index (χ0n) is 19.0. The molecular weight excluding hydrogens is 420 g/mol. The summed E-state index contributed by atoms with van der Waals surface area (Å²) >= 11 is 0. The van der Waals surface area contributed by atoms with Crippen molar-refractivity contribution in [2.75, 3.05) is 13.2 Å². The first kappa shape index (κ1) is 22.8. The number of ether oxygens (including phenoxy) is 1. The molecule has 7 nitrogen and oxygen atoms in total. The van der Waals surface area contributed by atoms with Gasteiger partial charge in [0.15, 0.2) is 0 Å². The van der Waals surface area contributed by atoms with Crippen LogP contribution >= 0.6 is 0 Å². The van der Waals surface area contributed by atoms with Crippen LogP contribution in [0.4, 0.5) is 4.79 Å². The van der Waals surface area contributed by atoms with E-state index in [0.29, 0.717) is 12.8 Å². The highest BCUT2D eigenvalue weighted by Crippen LogP contribution is 2.44. The minimum absolute atomic E-state index is 0.0334. The molecule has 174 valence electrons. The number of carbonyl (C=O) groups excluding carboxylic acids is 2. The lowest BCUT2D eigenvalue weighted by atomic mass is 9.73. The molecule has 0 atom stereocenters. The van der Waals surface area contributed by atoms with E-state index < -0.39 is 23.0 Å². The summed E-state index contributed by atoms with van der Waals surface area (Å²) < 4.78 is 5.54. The number of carbonyl (C=O) groups is 3. The highest BCUT2D eigenvalue weighted by Gasteiger charge is 2.43. The molecule has 2 aromatic carbocycles. The van der Waals surface area contributed by atoms with Crippen LogP contribution in [0.15, 0.2) is 48.5 Å². The number of fused-ring (bicyclic) bond motifs is 3. The molecule has 0 saturated heterocycles. The van der Waals surface area contributed by atoms with Crippen molar-refractivity contribution in [2.45, 2.75) is 51.0 Å².